The van der Waals surface area contributed by atoms with Gasteiger partial charge in [0.15, 0.2) is 11.6 Å². The smallest absolute Gasteiger partial charge is 0.341 e. The summed E-state index contributed by atoms with van der Waals surface area (Å²) in [5.41, 5.74) is 2.12. The monoisotopic (exact) mass is 516 g/mol. The van der Waals surface area contributed by atoms with Crippen LogP contribution in [-0.2, 0) is 10.1 Å². The van der Waals surface area contributed by atoms with E-state index in [0.717, 1.165) is 11.6 Å². The average molecular weight is 517 g/mol. The number of methoxy groups -OCH3 is 1. The molecular weight excluding hydrogens is 483 g/mol. The Balaban J connectivity index is 2.12. The summed E-state index contributed by atoms with van der Waals surface area (Å²) in [6.45, 7) is 13.4. The van der Waals surface area contributed by atoms with Gasteiger partial charge in [-0.15, -0.1) is 0 Å². The molecule has 1 aromatic heterocycles. The van der Waals surface area contributed by atoms with Crippen LogP contribution in [-0.4, -0.2) is 25.1 Å². The van der Waals surface area contributed by atoms with Gasteiger partial charge in [-0.2, -0.15) is 13.4 Å². The van der Waals surface area contributed by atoms with Crippen molar-refractivity contribution in [1.82, 2.24) is 9.55 Å². The minimum atomic E-state index is -4.31. The number of aromatic nitrogens is 2. The number of halogens is 1. The van der Waals surface area contributed by atoms with Crippen LogP contribution in [0.4, 0.5) is 4.39 Å². The van der Waals surface area contributed by atoms with Gasteiger partial charge in [-0.05, 0) is 53.5 Å². The van der Waals surface area contributed by atoms with Gasteiger partial charge >= 0.3 is 10.1 Å². The Labute approximate surface area is 212 Å². The molecule has 0 saturated heterocycles. The van der Waals surface area contributed by atoms with Crippen LogP contribution in [0, 0.1) is 12.7 Å². The van der Waals surface area contributed by atoms with Gasteiger partial charge in [0.25, 0.3) is 5.56 Å². The molecule has 2 aromatic carbocycles. The normalized spacial score (nSPS) is 12.0. The average Bonchev–Trinajstić information content (AvgIpc) is 2.78. The molecule has 194 valence electrons. The molecule has 0 unspecified atom stereocenters. The van der Waals surface area contributed by atoms with Crippen LogP contribution in [0.2, 0.25) is 0 Å². The third-order valence-corrected chi connectivity index (χ3v) is 7.34. The first kappa shape index (κ1) is 27.4. The molecule has 0 atom stereocenters. The fraction of sp³-hybridized carbons (Fsp3) is 0.407. The zero-order valence-electron chi connectivity index (χ0n) is 21.9. The van der Waals surface area contributed by atoms with Crippen molar-refractivity contribution in [2.45, 2.75) is 71.1 Å². The number of ether oxygens (including phenoxy) is 1. The van der Waals surface area contributed by atoms with Gasteiger partial charge in [0, 0.05) is 6.07 Å². The largest absolute Gasteiger partial charge is 0.494 e. The van der Waals surface area contributed by atoms with Crippen LogP contribution in [0.5, 0.6) is 11.6 Å². The van der Waals surface area contributed by atoms with Gasteiger partial charge in [-0.1, -0.05) is 53.7 Å². The van der Waals surface area contributed by atoms with Crippen LogP contribution in [0.15, 0.2) is 46.1 Å². The molecule has 0 amide bonds. The summed E-state index contributed by atoms with van der Waals surface area (Å²) >= 11 is 0. The van der Waals surface area contributed by atoms with E-state index in [1.807, 2.05) is 39.8 Å². The molecule has 0 aliphatic carbocycles. The summed E-state index contributed by atoms with van der Waals surface area (Å²) in [5, 5.41) is 0. The van der Waals surface area contributed by atoms with Crippen molar-refractivity contribution in [2.24, 2.45) is 0 Å². The van der Waals surface area contributed by atoms with Crippen molar-refractivity contribution in [3.8, 4) is 17.3 Å². The lowest BCUT2D eigenvalue weighted by molar-refractivity contribution is 0.386. The van der Waals surface area contributed by atoms with Gasteiger partial charge in [-0.3, -0.25) is 9.36 Å². The zero-order valence-corrected chi connectivity index (χ0v) is 22.7. The highest BCUT2D eigenvalue weighted by Crippen LogP contribution is 2.36. The predicted octanol–water partition coefficient (Wildman–Crippen LogP) is 5.83. The summed E-state index contributed by atoms with van der Waals surface area (Å²) in [6, 6.07) is 8.78. The molecule has 0 radical (unpaired) electrons. The molecule has 0 spiro atoms. The third-order valence-electron chi connectivity index (χ3n) is 5.98. The topological polar surface area (TPSA) is 87.5 Å². The van der Waals surface area contributed by atoms with Gasteiger partial charge < -0.3 is 8.92 Å². The van der Waals surface area contributed by atoms with Crippen molar-refractivity contribution in [1.29, 1.82) is 0 Å². The Morgan fingerprint density at radius 3 is 1.97 bits per heavy atom. The van der Waals surface area contributed by atoms with E-state index in [-0.39, 0.29) is 40.1 Å². The molecule has 0 aliphatic heterocycles. The maximum Gasteiger partial charge on any atom is 0.341 e. The molecule has 0 saturated carbocycles. The second kappa shape index (κ2) is 10.4. The van der Waals surface area contributed by atoms with Crippen molar-refractivity contribution < 1.29 is 21.7 Å². The van der Waals surface area contributed by atoms with Gasteiger partial charge in [0.2, 0.25) is 5.88 Å². The number of hydrogen-bond donors (Lipinski definition) is 0. The number of aryl methyl sites for hydroxylation is 1. The Morgan fingerprint density at radius 1 is 0.917 bits per heavy atom. The number of hydrogen-bond acceptors (Lipinski definition) is 6. The second-order valence-electron chi connectivity index (χ2n) is 9.66. The van der Waals surface area contributed by atoms with Crippen LogP contribution in [0.25, 0.3) is 5.69 Å². The van der Waals surface area contributed by atoms with Crippen LogP contribution in [0.1, 0.15) is 81.8 Å². The first-order valence-electron chi connectivity index (χ1n) is 11.8. The molecular formula is C27H33FN2O5S. The molecule has 0 aliphatic rings. The lowest BCUT2D eigenvalue weighted by Crippen LogP contribution is -2.24. The molecule has 0 fully saturated rings. The minimum Gasteiger partial charge on any atom is -0.494 e. The molecule has 0 bridgehead atoms. The lowest BCUT2D eigenvalue weighted by Gasteiger charge is -2.22. The Kier molecular flexibility index (Phi) is 7.93. The van der Waals surface area contributed by atoms with Crippen molar-refractivity contribution >= 4 is 10.1 Å². The maximum atomic E-state index is 13.8. The zero-order chi connectivity index (χ0) is 26.9. The van der Waals surface area contributed by atoms with Crippen molar-refractivity contribution in [3.05, 3.63) is 75.1 Å². The first-order valence-corrected chi connectivity index (χ1v) is 13.2. The lowest BCUT2D eigenvalue weighted by atomic mass is 9.89. The third kappa shape index (κ3) is 5.46. The van der Waals surface area contributed by atoms with Crippen molar-refractivity contribution in [3.63, 3.8) is 0 Å². The molecule has 1 heterocycles. The molecule has 36 heavy (non-hydrogen) atoms. The Bertz CT molecular complexity index is 1410. The van der Waals surface area contributed by atoms with E-state index in [4.69, 9.17) is 8.92 Å². The van der Waals surface area contributed by atoms with E-state index in [0.29, 0.717) is 16.8 Å². The van der Waals surface area contributed by atoms with Gasteiger partial charge in [-0.25, -0.2) is 4.39 Å². The maximum absolute atomic E-state index is 13.8. The summed E-state index contributed by atoms with van der Waals surface area (Å²) in [4.78, 5) is 17.3. The summed E-state index contributed by atoms with van der Waals surface area (Å²) in [7, 11) is -2.99. The van der Waals surface area contributed by atoms with Crippen LogP contribution >= 0.6 is 0 Å². The van der Waals surface area contributed by atoms with Gasteiger partial charge in [0.05, 0.1) is 18.9 Å². The van der Waals surface area contributed by atoms with Crippen LogP contribution < -0.4 is 14.5 Å². The highest BCUT2D eigenvalue weighted by atomic mass is 32.2. The van der Waals surface area contributed by atoms with Crippen molar-refractivity contribution in [2.75, 3.05) is 7.11 Å². The SMILES string of the molecule is COc1cc(-n2c(C)nc(OS(=O)(=O)c3c(C(C)C)cc(C(C)C)cc3C(C)C)cc2=O)ccc1F. The molecule has 9 heteroatoms. The highest BCUT2D eigenvalue weighted by Gasteiger charge is 2.29. The second-order valence-corrected chi connectivity index (χ2v) is 11.1. The first-order chi connectivity index (χ1) is 16.8. The summed E-state index contributed by atoms with van der Waals surface area (Å²) in [6.07, 6.45) is 0. The standard InChI is InChI=1S/C27H33FN2O5S/c1-15(2)19-11-21(16(3)4)27(22(12-19)17(5)6)36(32,33)35-25-14-26(31)30(18(7)29-25)20-9-10-23(28)24(13-20)34-8/h9-17H,1-8H3. The number of rotatable bonds is 8. The summed E-state index contributed by atoms with van der Waals surface area (Å²) < 4.78 is 52.7. The molecule has 7 nitrogen and oxygen atoms in total. The van der Waals surface area contributed by atoms with Crippen LogP contribution in [0.3, 0.4) is 0 Å². The fourth-order valence-electron chi connectivity index (χ4n) is 4.05. The number of nitrogens with zero attached hydrogens (tertiary/aromatic N) is 2. The van der Waals surface area contributed by atoms with Gasteiger partial charge in [0.1, 0.15) is 10.7 Å². The molecule has 3 aromatic rings. The van der Waals surface area contributed by atoms with E-state index >= 15 is 0 Å². The quantitative estimate of drug-likeness (QED) is 0.350. The summed E-state index contributed by atoms with van der Waals surface area (Å²) in [5.74, 6) is -0.702. The van der Waals surface area contributed by atoms with E-state index in [1.54, 1.807) is 0 Å². The van der Waals surface area contributed by atoms with E-state index in [9.17, 15) is 17.6 Å². The molecule has 0 N–H and O–H groups in total. The number of benzene rings is 2. The van der Waals surface area contributed by atoms with E-state index < -0.39 is 21.5 Å². The van der Waals surface area contributed by atoms with E-state index in [1.165, 1.54) is 36.8 Å². The fourth-order valence-corrected chi connectivity index (χ4v) is 5.61. The highest BCUT2D eigenvalue weighted by molar-refractivity contribution is 7.87. The molecule has 3 rings (SSSR count). The minimum absolute atomic E-state index is 0.0334. The Hall–Kier alpha value is -3.20. The Morgan fingerprint density at radius 2 is 1.50 bits per heavy atom. The van der Waals surface area contributed by atoms with E-state index in [2.05, 4.69) is 18.8 Å². The predicted molar refractivity (Wildman–Crippen MR) is 138 cm³/mol.